The predicted molar refractivity (Wildman–Crippen MR) is 63.7 cm³/mol. The van der Waals surface area contributed by atoms with Crippen molar-refractivity contribution >= 4 is 49.7 Å². The van der Waals surface area contributed by atoms with Gasteiger partial charge in [0.1, 0.15) is 0 Å². The van der Waals surface area contributed by atoms with E-state index in [1.54, 1.807) is 11.3 Å². The lowest BCUT2D eigenvalue weighted by Gasteiger charge is -1.94. The highest BCUT2D eigenvalue weighted by molar-refractivity contribution is 14.1. The lowest BCUT2D eigenvalue weighted by molar-refractivity contribution is 1.63. The average Bonchev–Trinajstić information content (AvgIpc) is 2.29. The molecule has 0 saturated heterocycles. The number of benzene rings is 1. The zero-order chi connectivity index (χ0) is 8.72. The van der Waals surface area contributed by atoms with E-state index >= 15 is 0 Å². The summed E-state index contributed by atoms with van der Waals surface area (Å²) in [7, 11) is 0. The Bertz CT molecular complexity index is 433. The van der Waals surface area contributed by atoms with Gasteiger partial charge < -0.3 is 5.73 Å². The topological polar surface area (TPSA) is 26.0 Å². The van der Waals surface area contributed by atoms with Gasteiger partial charge in [-0.05, 0) is 41.6 Å². The Labute approximate surface area is 88.7 Å². The summed E-state index contributed by atoms with van der Waals surface area (Å²) in [6.45, 7) is 2.07. The van der Waals surface area contributed by atoms with Crippen LogP contribution >= 0.6 is 33.9 Å². The molecule has 2 N–H and O–H groups in total. The van der Waals surface area contributed by atoms with Gasteiger partial charge in [0, 0.05) is 18.5 Å². The van der Waals surface area contributed by atoms with Crippen LogP contribution in [-0.4, -0.2) is 0 Å². The minimum absolute atomic E-state index is 0.944. The first-order valence-electron chi connectivity index (χ1n) is 3.63. The van der Waals surface area contributed by atoms with E-state index in [0.29, 0.717) is 0 Å². The number of aryl methyl sites for hydroxylation is 1. The second kappa shape index (κ2) is 2.88. The van der Waals surface area contributed by atoms with E-state index in [9.17, 15) is 0 Å². The number of halogens is 1. The smallest absolute Gasteiger partial charge is 0.0543 e. The van der Waals surface area contributed by atoms with Crippen LogP contribution in [0, 0.1) is 10.5 Å². The lowest BCUT2D eigenvalue weighted by Crippen LogP contribution is -1.85. The van der Waals surface area contributed by atoms with E-state index in [1.807, 2.05) is 0 Å². The maximum atomic E-state index is 5.94. The number of hydrogen-bond acceptors (Lipinski definition) is 2. The Kier molecular flexibility index (Phi) is 2.00. The quantitative estimate of drug-likeness (QED) is 0.739. The van der Waals surface area contributed by atoms with Crippen molar-refractivity contribution < 1.29 is 0 Å². The van der Waals surface area contributed by atoms with Crippen LogP contribution in [0.4, 0.5) is 5.69 Å². The van der Waals surface area contributed by atoms with E-state index in [1.165, 1.54) is 18.5 Å². The van der Waals surface area contributed by atoms with Gasteiger partial charge in [-0.25, -0.2) is 0 Å². The maximum absolute atomic E-state index is 5.94. The molecule has 0 atom stereocenters. The molecule has 0 aliphatic rings. The summed E-state index contributed by atoms with van der Waals surface area (Å²) in [6.07, 6.45) is 0. The number of fused-ring (bicyclic) bond motifs is 1. The van der Waals surface area contributed by atoms with Crippen LogP contribution < -0.4 is 5.73 Å². The Hall–Kier alpha value is -0.290. The van der Waals surface area contributed by atoms with Crippen molar-refractivity contribution in [3.05, 3.63) is 26.6 Å². The highest BCUT2D eigenvalue weighted by atomic mass is 127. The summed E-state index contributed by atoms with van der Waals surface area (Å²) < 4.78 is 2.53. The first kappa shape index (κ1) is 8.31. The molecule has 3 heteroatoms. The van der Waals surface area contributed by atoms with Gasteiger partial charge >= 0.3 is 0 Å². The van der Waals surface area contributed by atoms with Crippen molar-refractivity contribution in [3.63, 3.8) is 0 Å². The molecule has 0 amide bonds. The SMILES string of the molecule is Cc1sc2cccc(I)c2c1N. The fraction of sp³-hybridized carbons (Fsp3) is 0.111. The monoisotopic (exact) mass is 289 g/mol. The molecule has 12 heavy (non-hydrogen) atoms. The molecule has 1 nitrogen and oxygen atoms in total. The van der Waals surface area contributed by atoms with Gasteiger partial charge in [0.2, 0.25) is 0 Å². The van der Waals surface area contributed by atoms with Crippen LogP contribution in [0.2, 0.25) is 0 Å². The van der Waals surface area contributed by atoms with Crippen LogP contribution in [-0.2, 0) is 0 Å². The molecule has 0 aliphatic heterocycles. The summed E-state index contributed by atoms with van der Waals surface area (Å²) in [5, 5.41) is 1.22. The molecule has 62 valence electrons. The third-order valence-corrected chi connectivity index (χ3v) is 3.87. The molecule has 0 unspecified atom stereocenters. The van der Waals surface area contributed by atoms with Gasteiger partial charge in [-0.3, -0.25) is 0 Å². The Morgan fingerprint density at radius 1 is 1.42 bits per heavy atom. The normalized spacial score (nSPS) is 10.8. The van der Waals surface area contributed by atoms with E-state index in [4.69, 9.17) is 5.73 Å². The fourth-order valence-electron chi connectivity index (χ4n) is 1.25. The average molecular weight is 289 g/mol. The van der Waals surface area contributed by atoms with Gasteiger partial charge in [-0.15, -0.1) is 11.3 Å². The molecule has 0 aliphatic carbocycles. The summed E-state index contributed by atoms with van der Waals surface area (Å²) in [5.74, 6) is 0. The van der Waals surface area contributed by atoms with Crippen LogP contribution in [0.1, 0.15) is 4.88 Å². The fourth-order valence-corrected chi connectivity index (χ4v) is 3.23. The van der Waals surface area contributed by atoms with E-state index in [0.717, 1.165) is 5.69 Å². The van der Waals surface area contributed by atoms with Crippen molar-refractivity contribution in [3.8, 4) is 0 Å². The predicted octanol–water partition coefficient (Wildman–Crippen LogP) is 3.40. The maximum Gasteiger partial charge on any atom is 0.0543 e. The minimum atomic E-state index is 0.944. The van der Waals surface area contributed by atoms with Crippen molar-refractivity contribution in [2.75, 3.05) is 5.73 Å². The molecule has 1 aromatic carbocycles. The Morgan fingerprint density at radius 3 is 2.83 bits per heavy atom. The minimum Gasteiger partial charge on any atom is -0.397 e. The van der Waals surface area contributed by atoms with Crippen molar-refractivity contribution in [2.24, 2.45) is 0 Å². The molecular formula is C9H8INS. The molecule has 0 fully saturated rings. The van der Waals surface area contributed by atoms with Crippen LogP contribution in [0.5, 0.6) is 0 Å². The zero-order valence-electron chi connectivity index (χ0n) is 6.60. The number of thiophene rings is 1. The van der Waals surface area contributed by atoms with Crippen LogP contribution in [0.25, 0.3) is 10.1 Å². The number of nitrogen functional groups attached to an aromatic ring is 1. The number of anilines is 1. The number of nitrogens with two attached hydrogens (primary N) is 1. The Morgan fingerprint density at radius 2 is 2.17 bits per heavy atom. The molecular weight excluding hydrogens is 281 g/mol. The van der Waals surface area contributed by atoms with Crippen LogP contribution in [0.15, 0.2) is 18.2 Å². The number of hydrogen-bond donors (Lipinski definition) is 1. The number of rotatable bonds is 0. The highest BCUT2D eigenvalue weighted by Crippen LogP contribution is 2.35. The molecule has 0 saturated carbocycles. The molecule has 0 radical (unpaired) electrons. The molecule has 2 rings (SSSR count). The summed E-state index contributed by atoms with van der Waals surface area (Å²) >= 11 is 4.09. The second-order valence-electron chi connectivity index (χ2n) is 2.68. The standard InChI is InChI=1S/C9H8INS/c1-5-9(11)8-6(10)3-2-4-7(8)12-5/h2-4H,11H2,1H3. The summed E-state index contributed by atoms with van der Waals surface area (Å²) in [4.78, 5) is 1.22. The first-order chi connectivity index (χ1) is 5.70. The highest BCUT2D eigenvalue weighted by Gasteiger charge is 2.07. The zero-order valence-corrected chi connectivity index (χ0v) is 9.57. The molecule has 1 aromatic heterocycles. The van der Waals surface area contributed by atoms with E-state index in [-0.39, 0.29) is 0 Å². The van der Waals surface area contributed by atoms with Crippen molar-refractivity contribution in [1.82, 2.24) is 0 Å². The van der Waals surface area contributed by atoms with Crippen molar-refractivity contribution in [1.29, 1.82) is 0 Å². The van der Waals surface area contributed by atoms with Gasteiger partial charge in [0.25, 0.3) is 0 Å². The molecule has 0 bridgehead atoms. The van der Waals surface area contributed by atoms with Crippen LogP contribution in [0.3, 0.4) is 0 Å². The van der Waals surface area contributed by atoms with E-state index < -0.39 is 0 Å². The third kappa shape index (κ3) is 1.11. The second-order valence-corrected chi connectivity index (χ2v) is 5.10. The molecule has 0 spiro atoms. The third-order valence-electron chi connectivity index (χ3n) is 1.89. The lowest BCUT2D eigenvalue weighted by atomic mass is 10.2. The van der Waals surface area contributed by atoms with Gasteiger partial charge in [0.15, 0.2) is 0 Å². The van der Waals surface area contributed by atoms with Gasteiger partial charge in [-0.2, -0.15) is 0 Å². The van der Waals surface area contributed by atoms with Crippen molar-refractivity contribution in [2.45, 2.75) is 6.92 Å². The summed E-state index contributed by atoms with van der Waals surface area (Å²) in [6, 6.07) is 6.27. The Balaban J connectivity index is 2.97. The largest absolute Gasteiger partial charge is 0.397 e. The first-order valence-corrected chi connectivity index (χ1v) is 5.53. The molecule has 1 heterocycles. The molecule has 2 aromatic rings. The van der Waals surface area contributed by atoms with E-state index in [2.05, 4.69) is 47.7 Å². The van der Waals surface area contributed by atoms with Gasteiger partial charge in [-0.1, -0.05) is 6.07 Å². The summed E-state index contributed by atoms with van der Waals surface area (Å²) in [5.41, 5.74) is 6.89. The van der Waals surface area contributed by atoms with Gasteiger partial charge in [0.05, 0.1) is 5.69 Å².